The van der Waals surface area contributed by atoms with Gasteiger partial charge >= 0.3 is 12.2 Å². The number of aromatic nitrogens is 1. The van der Waals surface area contributed by atoms with Crippen LogP contribution in [0.15, 0.2) is 17.1 Å². The number of rotatable bonds is 4. The van der Waals surface area contributed by atoms with Crippen molar-refractivity contribution >= 4 is 28.8 Å². The van der Waals surface area contributed by atoms with Gasteiger partial charge in [0, 0.05) is 25.6 Å². The second-order valence-corrected chi connectivity index (χ2v) is 10.8. The SMILES string of the molecule is C[C@H]1COc2c(N3CC4CCOC4(CNC(=O)OC(C)(C)C)C3)c(F)cc3c(=O)c(OC(=O)O)cn1c23. The van der Waals surface area contributed by atoms with Crippen LogP contribution >= 0.6 is 0 Å². The van der Waals surface area contributed by atoms with Crippen molar-refractivity contribution in [2.24, 2.45) is 5.92 Å². The molecule has 0 saturated carbocycles. The lowest BCUT2D eigenvalue weighted by Gasteiger charge is -2.32. The minimum atomic E-state index is -1.63. The number of pyridine rings is 1. The Hall–Kier alpha value is -3.54. The lowest BCUT2D eigenvalue weighted by atomic mass is 9.91. The van der Waals surface area contributed by atoms with Gasteiger partial charge in [0.15, 0.2) is 17.3 Å². The van der Waals surface area contributed by atoms with Crippen LogP contribution in [0.1, 0.15) is 40.2 Å². The van der Waals surface area contributed by atoms with Gasteiger partial charge in [0.25, 0.3) is 0 Å². The van der Waals surface area contributed by atoms with E-state index in [1.807, 2.05) is 11.8 Å². The van der Waals surface area contributed by atoms with E-state index in [1.165, 1.54) is 6.20 Å². The normalized spacial score (nSPS) is 24.5. The zero-order chi connectivity index (χ0) is 26.7. The molecule has 3 atom stereocenters. The number of nitrogens with zero attached hydrogens (tertiary/aromatic N) is 2. The molecule has 0 spiro atoms. The highest BCUT2D eigenvalue weighted by atomic mass is 19.1. The van der Waals surface area contributed by atoms with E-state index in [2.05, 4.69) is 10.1 Å². The third-order valence-electron chi connectivity index (χ3n) is 7.05. The molecule has 2 N–H and O–H groups in total. The van der Waals surface area contributed by atoms with Crippen LogP contribution in [0.2, 0.25) is 0 Å². The van der Waals surface area contributed by atoms with Crippen LogP contribution in [0.5, 0.6) is 11.5 Å². The summed E-state index contributed by atoms with van der Waals surface area (Å²) in [5, 5.41) is 11.8. The molecule has 2 unspecified atom stereocenters. The average molecular weight is 520 g/mol. The first-order valence-corrected chi connectivity index (χ1v) is 12.2. The zero-order valence-corrected chi connectivity index (χ0v) is 21.1. The fraction of sp³-hybridized carbons (Fsp3) is 0.560. The number of carboxylic acid groups (broad SMARTS) is 1. The number of fused-ring (bicyclic) bond motifs is 1. The van der Waals surface area contributed by atoms with Gasteiger partial charge < -0.3 is 38.8 Å². The maximum absolute atomic E-state index is 15.7. The summed E-state index contributed by atoms with van der Waals surface area (Å²) in [5.41, 5.74) is -1.54. The lowest BCUT2D eigenvalue weighted by Crippen LogP contribution is -2.49. The smallest absolute Gasteiger partial charge is 0.487 e. The summed E-state index contributed by atoms with van der Waals surface area (Å²) in [4.78, 5) is 38.2. The molecule has 3 aliphatic heterocycles. The van der Waals surface area contributed by atoms with Gasteiger partial charge in [0.05, 0.1) is 29.7 Å². The summed E-state index contributed by atoms with van der Waals surface area (Å²) < 4.78 is 39.5. The van der Waals surface area contributed by atoms with E-state index in [0.717, 1.165) is 12.5 Å². The molecule has 1 aromatic heterocycles. The number of halogens is 1. The van der Waals surface area contributed by atoms with Gasteiger partial charge in [-0.1, -0.05) is 0 Å². The maximum atomic E-state index is 15.7. The van der Waals surface area contributed by atoms with Crippen LogP contribution in [0.4, 0.5) is 19.7 Å². The molecule has 200 valence electrons. The summed E-state index contributed by atoms with van der Waals surface area (Å²) in [7, 11) is 0. The lowest BCUT2D eigenvalue weighted by molar-refractivity contribution is -0.000290. The summed E-state index contributed by atoms with van der Waals surface area (Å²) in [6.07, 6.45) is -0.113. The number of amides is 1. The number of carbonyl (C=O) groups excluding carboxylic acids is 1. The highest BCUT2D eigenvalue weighted by Crippen LogP contribution is 2.47. The molecular weight excluding hydrogens is 489 g/mol. The average Bonchev–Trinajstić information content (AvgIpc) is 3.33. The topological polar surface area (TPSA) is 129 Å². The Bertz CT molecular complexity index is 1340. The van der Waals surface area contributed by atoms with Gasteiger partial charge in [-0.05, 0) is 40.2 Å². The quantitative estimate of drug-likeness (QED) is 0.585. The Kier molecular flexibility index (Phi) is 5.97. The van der Waals surface area contributed by atoms with Crippen molar-refractivity contribution < 1.29 is 38.0 Å². The predicted octanol–water partition coefficient (Wildman–Crippen LogP) is 3.27. The Labute approximate surface area is 212 Å². The van der Waals surface area contributed by atoms with Gasteiger partial charge in [-0.15, -0.1) is 0 Å². The van der Waals surface area contributed by atoms with Crippen molar-refractivity contribution in [2.75, 3.05) is 37.7 Å². The third kappa shape index (κ3) is 4.43. The molecule has 0 radical (unpaired) electrons. The van der Waals surface area contributed by atoms with Crippen molar-refractivity contribution in [2.45, 2.75) is 51.4 Å². The molecule has 2 fully saturated rings. The molecule has 2 aromatic rings. The third-order valence-corrected chi connectivity index (χ3v) is 7.05. The highest BCUT2D eigenvalue weighted by Gasteiger charge is 2.52. The molecule has 2 saturated heterocycles. The largest absolute Gasteiger partial charge is 0.511 e. The van der Waals surface area contributed by atoms with Crippen molar-refractivity contribution in [1.82, 2.24) is 9.88 Å². The minimum Gasteiger partial charge on any atom is -0.487 e. The van der Waals surface area contributed by atoms with Gasteiger partial charge in [-0.2, -0.15) is 0 Å². The fourth-order valence-corrected chi connectivity index (χ4v) is 5.48. The number of carbonyl (C=O) groups is 2. The molecule has 37 heavy (non-hydrogen) atoms. The number of hydrogen-bond donors (Lipinski definition) is 2. The first-order valence-electron chi connectivity index (χ1n) is 12.2. The highest BCUT2D eigenvalue weighted by molar-refractivity contribution is 5.93. The van der Waals surface area contributed by atoms with Crippen LogP contribution in [-0.2, 0) is 9.47 Å². The zero-order valence-electron chi connectivity index (χ0n) is 21.1. The molecule has 1 amide bonds. The van der Waals surface area contributed by atoms with Crippen LogP contribution < -0.4 is 25.1 Å². The van der Waals surface area contributed by atoms with E-state index in [-0.39, 0.29) is 41.9 Å². The van der Waals surface area contributed by atoms with Crippen molar-refractivity contribution in [3.8, 4) is 11.5 Å². The van der Waals surface area contributed by atoms with E-state index in [4.69, 9.17) is 19.3 Å². The van der Waals surface area contributed by atoms with Crippen molar-refractivity contribution in [3.05, 3.63) is 28.3 Å². The summed E-state index contributed by atoms with van der Waals surface area (Å²) in [5.74, 6) is -0.838. The second-order valence-electron chi connectivity index (χ2n) is 10.8. The van der Waals surface area contributed by atoms with Gasteiger partial charge in [0.2, 0.25) is 5.43 Å². The molecular formula is C25H30FN3O8. The second kappa shape index (κ2) is 8.79. The maximum Gasteiger partial charge on any atom is 0.511 e. The Morgan fingerprint density at radius 3 is 2.81 bits per heavy atom. The first-order chi connectivity index (χ1) is 17.4. The Balaban J connectivity index is 1.51. The van der Waals surface area contributed by atoms with Crippen LogP contribution in [0, 0.1) is 11.7 Å². The number of ether oxygens (including phenoxy) is 4. The molecule has 12 heteroatoms. The number of benzene rings is 1. The molecule has 4 heterocycles. The van der Waals surface area contributed by atoms with Gasteiger partial charge in [-0.3, -0.25) is 4.79 Å². The number of hydrogen-bond acceptors (Lipinski definition) is 8. The van der Waals surface area contributed by atoms with Gasteiger partial charge in [0.1, 0.15) is 23.5 Å². The van der Waals surface area contributed by atoms with Crippen molar-refractivity contribution in [3.63, 3.8) is 0 Å². The molecule has 1 aromatic carbocycles. The fourth-order valence-electron chi connectivity index (χ4n) is 5.48. The summed E-state index contributed by atoms with van der Waals surface area (Å²) >= 11 is 0. The summed E-state index contributed by atoms with van der Waals surface area (Å²) in [6, 6.07) is 0.847. The van der Waals surface area contributed by atoms with E-state index in [0.29, 0.717) is 25.2 Å². The monoisotopic (exact) mass is 519 g/mol. The van der Waals surface area contributed by atoms with E-state index < -0.39 is 40.4 Å². The number of alkyl carbamates (subject to hydrolysis) is 1. The Morgan fingerprint density at radius 1 is 1.35 bits per heavy atom. The molecule has 5 rings (SSSR count). The van der Waals surface area contributed by atoms with E-state index in [1.54, 1.807) is 25.3 Å². The van der Waals surface area contributed by atoms with Crippen LogP contribution in [-0.4, -0.2) is 66.0 Å². The Morgan fingerprint density at radius 2 is 2.11 bits per heavy atom. The van der Waals surface area contributed by atoms with Gasteiger partial charge in [-0.25, -0.2) is 14.0 Å². The molecule has 0 bridgehead atoms. The van der Waals surface area contributed by atoms with Crippen molar-refractivity contribution in [1.29, 1.82) is 0 Å². The molecule has 3 aliphatic rings. The summed E-state index contributed by atoms with van der Waals surface area (Å²) in [6.45, 7) is 8.86. The first kappa shape index (κ1) is 25.1. The molecule has 0 aliphatic carbocycles. The van der Waals surface area contributed by atoms with Crippen LogP contribution in [0.25, 0.3) is 10.9 Å². The van der Waals surface area contributed by atoms with E-state index in [9.17, 15) is 14.4 Å². The van der Waals surface area contributed by atoms with Crippen LogP contribution in [0.3, 0.4) is 0 Å². The number of nitrogens with one attached hydrogen (secondary N) is 1. The minimum absolute atomic E-state index is 0.0285. The predicted molar refractivity (Wildman–Crippen MR) is 130 cm³/mol. The number of anilines is 1. The van der Waals surface area contributed by atoms with E-state index >= 15 is 4.39 Å². The standard InChI is InChI=1S/C25H30FN3O8/c1-13-10-34-21-18-15(20(30)17(9-29(13)18)36-23(32)33)7-16(26)19(21)28-8-14-5-6-35-25(14,12-28)11-27-22(31)37-24(2,3)4/h7,9,13-14H,5-6,8,10-12H2,1-4H3,(H,27,31)(H,32,33)/t13-,14?,25?/m0/s1. The molecule has 11 nitrogen and oxygen atoms in total.